The third-order valence-corrected chi connectivity index (χ3v) is 4.36. The number of thiophene rings is 1. The van der Waals surface area contributed by atoms with Crippen molar-refractivity contribution in [2.75, 3.05) is 0 Å². The lowest BCUT2D eigenvalue weighted by molar-refractivity contribution is -0.333. The van der Waals surface area contributed by atoms with E-state index in [-0.39, 0.29) is 11.3 Å². The van der Waals surface area contributed by atoms with Crippen LogP contribution in [0.25, 0.3) is 0 Å². The van der Waals surface area contributed by atoms with Crippen molar-refractivity contribution in [2.24, 2.45) is 5.73 Å². The Labute approximate surface area is 129 Å². The Kier molecular flexibility index (Phi) is 6.10. The van der Waals surface area contributed by atoms with Gasteiger partial charge in [-0.15, -0.1) is 11.3 Å². The quantitative estimate of drug-likeness (QED) is 0.721. The minimum Gasteiger partial charge on any atom is -0.350 e. The highest BCUT2D eigenvalue weighted by atomic mass is 79.9. The molecule has 0 radical (unpaired) electrons. The first-order chi connectivity index (χ1) is 9.46. The van der Waals surface area contributed by atoms with Crippen molar-refractivity contribution in [3.63, 3.8) is 0 Å². The molecule has 2 nitrogen and oxygen atoms in total. The molecular formula is C11H12BrF6NOS. The normalized spacial score (nSPS) is 16.3. The van der Waals surface area contributed by atoms with Crippen LogP contribution in [0.3, 0.4) is 0 Å². The Morgan fingerprint density at radius 1 is 1.24 bits per heavy atom. The van der Waals surface area contributed by atoms with Gasteiger partial charge in [0.15, 0.2) is 0 Å². The fraction of sp³-hybridized carbons (Fsp3) is 0.636. The first-order valence-electron chi connectivity index (χ1n) is 5.75. The number of hydrogen-bond donors (Lipinski definition) is 1. The molecule has 0 aromatic carbocycles. The molecule has 0 saturated carbocycles. The third kappa shape index (κ3) is 5.11. The van der Waals surface area contributed by atoms with E-state index in [1.54, 1.807) is 6.92 Å². The molecular weight excluding hydrogens is 388 g/mol. The fourth-order valence-electron chi connectivity index (χ4n) is 1.56. The number of rotatable bonds is 5. The van der Waals surface area contributed by atoms with Crippen molar-refractivity contribution < 1.29 is 31.1 Å². The van der Waals surface area contributed by atoms with Crippen LogP contribution in [0.5, 0.6) is 0 Å². The van der Waals surface area contributed by atoms with Crippen molar-refractivity contribution in [1.82, 2.24) is 0 Å². The van der Waals surface area contributed by atoms with Gasteiger partial charge in [0, 0.05) is 20.8 Å². The number of halogens is 7. The molecule has 0 spiro atoms. The van der Waals surface area contributed by atoms with E-state index < -0.39 is 30.6 Å². The number of hydrogen-bond acceptors (Lipinski definition) is 3. The van der Waals surface area contributed by atoms with Crippen molar-refractivity contribution in [3.8, 4) is 0 Å². The van der Waals surface area contributed by atoms with E-state index in [0.717, 1.165) is 11.3 Å². The van der Waals surface area contributed by atoms with Crippen LogP contribution in [0.1, 0.15) is 24.3 Å². The first kappa shape index (κ1) is 18.7. The standard InChI is InChI=1S/C11H12BrF6NOS/c1-2-6(19)8(7-3-5(12)4-21-7)20-9(10(13,14)15)11(16,17)18/h3-4,6,8-9H,2,19H2,1H3. The molecule has 1 heterocycles. The SMILES string of the molecule is CCC(N)C(OC(C(F)(F)F)C(F)(F)F)c1cc(Br)cs1. The van der Waals surface area contributed by atoms with Crippen LogP contribution in [-0.4, -0.2) is 24.5 Å². The lowest BCUT2D eigenvalue weighted by Gasteiger charge is -2.30. The Hall–Kier alpha value is -0.320. The molecule has 0 amide bonds. The van der Waals surface area contributed by atoms with Crippen LogP contribution in [0.2, 0.25) is 0 Å². The maximum Gasteiger partial charge on any atom is 0.423 e. The van der Waals surface area contributed by atoms with Crippen LogP contribution < -0.4 is 5.73 Å². The van der Waals surface area contributed by atoms with Gasteiger partial charge < -0.3 is 10.5 Å². The van der Waals surface area contributed by atoms with Gasteiger partial charge in [-0.05, 0) is 28.4 Å². The molecule has 1 rings (SSSR count). The van der Waals surface area contributed by atoms with Gasteiger partial charge >= 0.3 is 12.4 Å². The zero-order valence-electron chi connectivity index (χ0n) is 10.6. The average molecular weight is 400 g/mol. The monoisotopic (exact) mass is 399 g/mol. The summed E-state index contributed by atoms with van der Waals surface area (Å²) in [5.74, 6) is 0. The van der Waals surface area contributed by atoms with E-state index in [1.165, 1.54) is 11.4 Å². The molecule has 0 bridgehead atoms. The summed E-state index contributed by atoms with van der Waals surface area (Å²) >= 11 is 4.06. The highest BCUT2D eigenvalue weighted by molar-refractivity contribution is 9.10. The first-order valence-corrected chi connectivity index (χ1v) is 7.42. The van der Waals surface area contributed by atoms with Crippen LogP contribution >= 0.6 is 27.3 Å². The van der Waals surface area contributed by atoms with Crippen LogP contribution in [0.4, 0.5) is 26.3 Å². The summed E-state index contributed by atoms with van der Waals surface area (Å²) in [6.07, 6.45) is -16.3. The van der Waals surface area contributed by atoms with E-state index in [0.29, 0.717) is 4.47 Å². The molecule has 0 aliphatic carbocycles. The number of nitrogens with two attached hydrogens (primary N) is 1. The lowest BCUT2D eigenvalue weighted by atomic mass is 10.1. The van der Waals surface area contributed by atoms with E-state index in [4.69, 9.17) is 5.73 Å². The van der Waals surface area contributed by atoms with Gasteiger partial charge in [-0.1, -0.05) is 6.92 Å². The molecule has 0 aliphatic heterocycles. The van der Waals surface area contributed by atoms with Gasteiger partial charge in [0.2, 0.25) is 6.10 Å². The minimum atomic E-state index is -5.56. The second-order valence-corrected chi connectivity index (χ2v) is 6.12. The molecule has 2 N–H and O–H groups in total. The molecule has 2 atom stereocenters. The third-order valence-electron chi connectivity index (χ3n) is 2.61. The van der Waals surface area contributed by atoms with E-state index in [9.17, 15) is 26.3 Å². The molecule has 1 aromatic rings. The number of ether oxygens (including phenoxy) is 1. The molecule has 0 aliphatic rings. The van der Waals surface area contributed by atoms with E-state index in [1.807, 2.05) is 0 Å². The maximum absolute atomic E-state index is 12.6. The predicted octanol–water partition coefficient (Wildman–Crippen LogP) is 4.80. The topological polar surface area (TPSA) is 35.2 Å². The van der Waals surface area contributed by atoms with E-state index in [2.05, 4.69) is 20.7 Å². The van der Waals surface area contributed by atoms with Crippen LogP contribution in [0.15, 0.2) is 15.9 Å². The highest BCUT2D eigenvalue weighted by Crippen LogP contribution is 2.41. The second kappa shape index (κ2) is 6.84. The largest absolute Gasteiger partial charge is 0.423 e. The van der Waals surface area contributed by atoms with Gasteiger partial charge in [0.05, 0.1) is 0 Å². The molecule has 122 valence electrons. The highest BCUT2D eigenvalue weighted by Gasteiger charge is 2.59. The fourth-order valence-corrected chi connectivity index (χ4v) is 3.11. The Morgan fingerprint density at radius 3 is 2.10 bits per heavy atom. The molecule has 1 aromatic heterocycles. The van der Waals surface area contributed by atoms with Gasteiger partial charge in [-0.3, -0.25) is 0 Å². The molecule has 10 heteroatoms. The predicted molar refractivity (Wildman–Crippen MR) is 70.0 cm³/mol. The average Bonchev–Trinajstić information content (AvgIpc) is 2.72. The summed E-state index contributed by atoms with van der Waals surface area (Å²) in [5, 5.41) is 1.53. The van der Waals surface area contributed by atoms with Gasteiger partial charge in [-0.2, -0.15) is 26.3 Å². The van der Waals surface area contributed by atoms with Gasteiger partial charge in [-0.25, -0.2) is 0 Å². The van der Waals surface area contributed by atoms with Crippen molar-refractivity contribution in [1.29, 1.82) is 0 Å². The Bertz CT molecular complexity index is 446. The second-order valence-electron chi connectivity index (χ2n) is 4.26. The molecule has 0 fully saturated rings. The summed E-state index contributed by atoms with van der Waals surface area (Å²) in [4.78, 5) is 0.203. The van der Waals surface area contributed by atoms with Crippen molar-refractivity contribution >= 4 is 27.3 Å². The summed E-state index contributed by atoms with van der Waals surface area (Å²) in [5.41, 5.74) is 5.63. The maximum atomic E-state index is 12.6. The molecule has 0 saturated heterocycles. The zero-order chi connectivity index (χ0) is 16.4. The van der Waals surface area contributed by atoms with Gasteiger partial charge in [0.25, 0.3) is 0 Å². The lowest BCUT2D eigenvalue weighted by Crippen LogP contribution is -2.47. The summed E-state index contributed by atoms with van der Waals surface area (Å²) in [6, 6.07) is 0.414. The van der Waals surface area contributed by atoms with Crippen LogP contribution in [0, 0.1) is 0 Å². The molecule has 21 heavy (non-hydrogen) atoms. The van der Waals surface area contributed by atoms with Crippen molar-refractivity contribution in [2.45, 2.75) is 43.9 Å². The number of alkyl halides is 6. The molecule has 2 unspecified atom stereocenters. The summed E-state index contributed by atoms with van der Waals surface area (Å²) in [6.45, 7) is 1.56. The zero-order valence-corrected chi connectivity index (χ0v) is 13.0. The Balaban J connectivity index is 3.10. The smallest absolute Gasteiger partial charge is 0.350 e. The summed E-state index contributed by atoms with van der Waals surface area (Å²) < 4.78 is 80.3. The Morgan fingerprint density at radius 2 is 1.76 bits per heavy atom. The van der Waals surface area contributed by atoms with Crippen LogP contribution in [-0.2, 0) is 4.74 Å². The minimum absolute atomic E-state index is 0.169. The van der Waals surface area contributed by atoms with Crippen molar-refractivity contribution in [3.05, 3.63) is 20.8 Å². The van der Waals surface area contributed by atoms with E-state index >= 15 is 0 Å². The summed E-state index contributed by atoms with van der Waals surface area (Å²) in [7, 11) is 0. The van der Waals surface area contributed by atoms with Gasteiger partial charge in [0.1, 0.15) is 6.10 Å².